The Morgan fingerprint density at radius 2 is 2.03 bits per heavy atom. The van der Waals surface area contributed by atoms with Crippen molar-refractivity contribution in [2.45, 2.75) is 64.9 Å². The van der Waals surface area contributed by atoms with Crippen LogP contribution in [0.3, 0.4) is 0 Å². The van der Waals surface area contributed by atoms with E-state index in [0.717, 1.165) is 48.5 Å². The van der Waals surface area contributed by atoms with Gasteiger partial charge in [0.2, 0.25) is 0 Å². The fourth-order valence-corrected chi connectivity index (χ4v) is 4.18. The minimum atomic E-state index is -0.122. The number of aromatic hydroxyl groups is 1. The summed E-state index contributed by atoms with van der Waals surface area (Å²) >= 11 is 0. The van der Waals surface area contributed by atoms with E-state index >= 15 is 0 Å². The predicted molar refractivity (Wildman–Crippen MR) is 114 cm³/mol. The van der Waals surface area contributed by atoms with Crippen LogP contribution in [0.1, 0.15) is 63.1 Å². The van der Waals surface area contributed by atoms with Gasteiger partial charge in [-0.15, -0.1) is 0 Å². The molecule has 2 aromatic carbocycles. The fourth-order valence-electron chi connectivity index (χ4n) is 4.18. The van der Waals surface area contributed by atoms with E-state index in [9.17, 15) is 5.11 Å². The lowest BCUT2D eigenvalue weighted by Gasteiger charge is -2.35. The maximum absolute atomic E-state index is 10.6. The van der Waals surface area contributed by atoms with Gasteiger partial charge >= 0.3 is 0 Å². The van der Waals surface area contributed by atoms with Crippen molar-refractivity contribution in [1.82, 2.24) is 0 Å². The number of ether oxygens (including phenoxy) is 3. The zero-order valence-corrected chi connectivity index (χ0v) is 18.0. The fraction of sp³-hybridized carbons (Fsp3) is 0.520. The highest BCUT2D eigenvalue weighted by Gasteiger charge is 2.32. The minimum Gasteiger partial charge on any atom is -0.508 e. The second-order valence-corrected chi connectivity index (χ2v) is 9.36. The molecule has 0 aromatic heterocycles. The van der Waals surface area contributed by atoms with Crippen molar-refractivity contribution in [2.24, 2.45) is 5.92 Å². The molecule has 2 aliphatic rings. The summed E-state index contributed by atoms with van der Waals surface area (Å²) in [7, 11) is 0. The first kappa shape index (κ1) is 19.9. The Labute approximate surface area is 173 Å². The van der Waals surface area contributed by atoms with Crippen molar-refractivity contribution < 1.29 is 19.3 Å². The molecular weight excluding hydrogens is 364 g/mol. The lowest BCUT2D eigenvalue weighted by atomic mass is 9.86. The van der Waals surface area contributed by atoms with Crippen LogP contribution in [0.2, 0.25) is 0 Å². The van der Waals surface area contributed by atoms with Crippen molar-refractivity contribution in [2.75, 3.05) is 13.2 Å². The van der Waals surface area contributed by atoms with Gasteiger partial charge in [-0.3, -0.25) is 0 Å². The molecule has 0 unspecified atom stereocenters. The van der Waals surface area contributed by atoms with Crippen LogP contribution in [-0.2, 0) is 12.8 Å². The SMILES string of the molecule is CC(C)CCOc1ccc([C@H]2COc3c(ccc4c3CCC(C)(C)O4)C2)c(O)c1. The number of phenols is 1. The van der Waals surface area contributed by atoms with Gasteiger partial charge < -0.3 is 19.3 Å². The van der Waals surface area contributed by atoms with Crippen LogP contribution in [-0.4, -0.2) is 23.9 Å². The van der Waals surface area contributed by atoms with Gasteiger partial charge in [0.1, 0.15) is 28.6 Å². The summed E-state index contributed by atoms with van der Waals surface area (Å²) in [5, 5.41) is 10.6. The molecule has 4 rings (SSSR count). The molecule has 0 fully saturated rings. The van der Waals surface area contributed by atoms with E-state index in [1.165, 1.54) is 11.1 Å². The summed E-state index contributed by atoms with van der Waals surface area (Å²) in [6, 6.07) is 9.85. The largest absolute Gasteiger partial charge is 0.508 e. The molecule has 0 spiro atoms. The smallest absolute Gasteiger partial charge is 0.129 e. The topological polar surface area (TPSA) is 47.9 Å². The summed E-state index contributed by atoms with van der Waals surface area (Å²) in [6.07, 6.45) is 3.82. The van der Waals surface area contributed by atoms with Gasteiger partial charge in [0.15, 0.2) is 0 Å². The van der Waals surface area contributed by atoms with E-state index in [4.69, 9.17) is 14.2 Å². The molecular formula is C25H32O4. The highest BCUT2D eigenvalue weighted by molar-refractivity contribution is 5.54. The Bertz CT molecular complexity index is 885. The van der Waals surface area contributed by atoms with E-state index in [0.29, 0.717) is 19.1 Å². The molecule has 0 aliphatic carbocycles. The molecule has 2 aliphatic heterocycles. The standard InChI is InChI=1S/C25H32O4/c1-16(2)10-12-27-19-6-7-20(22(26)14-19)18-13-17-5-8-23-21(24(17)28-15-18)9-11-25(3,4)29-23/h5-8,14,16,18,26H,9-13,15H2,1-4H3/t18-/m1/s1. The summed E-state index contributed by atoms with van der Waals surface area (Å²) in [4.78, 5) is 0. The molecule has 29 heavy (non-hydrogen) atoms. The quantitative estimate of drug-likeness (QED) is 0.710. The molecule has 2 heterocycles. The molecule has 0 radical (unpaired) electrons. The molecule has 4 nitrogen and oxygen atoms in total. The molecule has 0 bridgehead atoms. The minimum absolute atomic E-state index is 0.122. The first-order valence-electron chi connectivity index (χ1n) is 10.7. The average molecular weight is 397 g/mol. The van der Waals surface area contributed by atoms with Crippen LogP contribution >= 0.6 is 0 Å². The van der Waals surface area contributed by atoms with Crippen LogP contribution in [0.5, 0.6) is 23.0 Å². The van der Waals surface area contributed by atoms with E-state index < -0.39 is 0 Å². The zero-order valence-electron chi connectivity index (χ0n) is 18.0. The van der Waals surface area contributed by atoms with Gasteiger partial charge in [-0.2, -0.15) is 0 Å². The molecule has 1 N–H and O–H groups in total. The first-order valence-corrected chi connectivity index (χ1v) is 10.7. The summed E-state index contributed by atoms with van der Waals surface area (Å²) in [6.45, 7) is 9.84. The van der Waals surface area contributed by atoms with Crippen molar-refractivity contribution in [1.29, 1.82) is 0 Å². The maximum atomic E-state index is 10.6. The van der Waals surface area contributed by atoms with Crippen LogP contribution in [0.15, 0.2) is 30.3 Å². The van der Waals surface area contributed by atoms with Gasteiger partial charge in [0.05, 0.1) is 13.2 Å². The maximum Gasteiger partial charge on any atom is 0.129 e. The third kappa shape index (κ3) is 4.31. The van der Waals surface area contributed by atoms with Gasteiger partial charge in [-0.1, -0.05) is 26.0 Å². The molecule has 2 aromatic rings. The van der Waals surface area contributed by atoms with Crippen molar-refractivity contribution >= 4 is 0 Å². The second-order valence-electron chi connectivity index (χ2n) is 9.36. The lowest BCUT2D eigenvalue weighted by molar-refractivity contribution is 0.0826. The molecule has 0 saturated carbocycles. The Morgan fingerprint density at radius 1 is 1.21 bits per heavy atom. The Morgan fingerprint density at radius 3 is 2.79 bits per heavy atom. The van der Waals surface area contributed by atoms with Crippen LogP contribution in [0, 0.1) is 5.92 Å². The third-order valence-corrected chi connectivity index (χ3v) is 5.96. The third-order valence-electron chi connectivity index (χ3n) is 5.96. The Balaban J connectivity index is 1.49. The van der Waals surface area contributed by atoms with Crippen molar-refractivity contribution in [3.63, 3.8) is 0 Å². The van der Waals surface area contributed by atoms with E-state index in [2.05, 4.69) is 39.8 Å². The van der Waals surface area contributed by atoms with Crippen LogP contribution < -0.4 is 14.2 Å². The van der Waals surface area contributed by atoms with Gasteiger partial charge in [-0.05, 0) is 63.1 Å². The summed E-state index contributed by atoms with van der Waals surface area (Å²) in [5.74, 6) is 3.67. The first-order chi connectivity index (χ1) is 13.8. The van der Waals surface area contributed by atoms with E-state index in [1.54, 1.807) is 6.07 Å². The molecule has 4 heteroatoms. The monoisotopic (exact) mass is 396 g/mol. The Kier molecular flexibility index (Phi) is 5.37. The zero-order chi connectivity index (χ0) is 20.6. The summed E-state index contributed by atoms with van der Waals surface area (Å²) in [5.41, 5.74) is 3.18. The van der Waals surface area contributed by atoms with Crippen molar-refractivity contribution in [3.8, 4) is 23.0 Å². The van der Waals surface area contributed by atoms with E-state index in [-0.39, 0.29) is 17.3 Å². The van der Waals surface area contributed by atoms with Gasteiger partial charge in [0.25, 0.3) is 0 Å². The van der Waals surface area contributed by atoms with Crippen molar-refractivity contribution in [3.05, 3.63) is 47.0 Å². The van der Waals surface area contributed by atoms with Crippen LogP contribution in [0.4, 0.5) is 0 Å². The average Bonchev–Trinajstić information content (AvgIpc) is 2.66. The van der Waals surface area contributed by atoms with Gasteiger partial charge in [0, 0.05) is 23.1 Å². The second kappa shape index (κ2) is 7.81. The van der Waals surface area contributed by atoms with E-state index in [1.807, 2.05) is 12.1 Å². The highest BCUT2D eigenvalue weighted by Crippen LogP contribution is 2.45. The number of fused-ring (bicyclic) bond motifs is 3. The number of benzene rings is 2. The van der Waals surface area contributed by atoms with Crippen LogP contribution in [0.25, 0.3) is 0 Å². The molecule has 0 saturated heterocycles. The number of hydrogen-bond acceptors (Lipinski definition) is 4. The molecule has 1 atom stereocenters. The molecule has 156 valence electrons. The number of phenolic OH excluding ortho intramolecular Hbond substituents is 1. The normalized spacial score (nSPS) is 19.7. The predicted octanol–water partition coefficient (Wildman–Crippen LogP) is 5.64. The summed E-state index contributed by atoms with van der Waals surface area (Å²) < 4.78 is 18.1. The van der Waals surface area contributed by atoms with Gasteiger partial charge in [-0.25, -0.2) is 0 Å². The number of rotatable bonds is 5. The number of hydrogen-bond donors (Lipinski definition) is 1. The molecule has 0 amide bonds. The lowest BCUT2D eigenvalue weighted by Crippen LogP contribution is -2.33. The Hall–Kier alpha value is -2.36. The highest BCUT2D eigenvalue weighted by atomic mass is 16.5.